The normalized spacial score (nSPS) is 11.4. The van der Waals surface area contributed by atoms with Crippen molar-refractivity contribution in [1.82, 2.24) is 9.13 Å². The second-order valence-corrected chi connectivity index (χ2v) is 14.6. The Bertz CT molecular complexity index is 2890. The van der Waals surface area contributed by atoms with Gasteiger partial charge in [0, 0.05) is 67.0 Å². The molecule has 2 aromatic heterocycles. The molecule has 11 aromatic rings. The lowest BCUT2D eigenvalue weighted by atomic mass is 10.1. The average molecular weight is 743 g/mol. The van der Waals surface area contributed by atoms with E-state index in [4.69, 9.17) is 0 Å². The molecule has 9 aromatic carbocycles. The smallest absolute Gasteiger partial charge is 0.0548 e. The summed E-state index contributed by atoms with van der Waals surface area (Å²) in [6, 6.07) is 82.6. The summed E-state index contributed by atoms with van der Waals surface area (Å²) in [5.74, 6) is 0. The van der Waals surface area contributed by atoms with Gasteiger partial charge in [-0.3, -0.25) is 0 Å². The average Bonchev–Trinajstić information content (AvgIpc) is 3.80. The second kappa shape index (κ2) is 14.0. The van der Waals surface area contributed by atoms with E-state index in [2.05, 4.69) is 249 Å². The van der Waals surface area contributed by atoms with Gasteiger partial charge in [-0.05, 0) is 121 Å². The molecule has 4 nitrogen and oxygen atoms in total. The Kier molecular flexibility index (Phi) is 8.11. The minimum atomic E-state index is 1.11. The van der Waals surface area contributed by atoms with Gasteiger partial charge < -0.3 is 18.9 Å². The van der Waals surface area contributed by atoms with Crippen LogP contribution in [-0.2, 0) is 0 Å². The SMILES string of the molecule is c1ccc(N(c2ccccc2)c2ccc(-n3c4ccccc4c4cc5c(cc43)c3ccccc3n5-c3ccc(N(c4ccccc4)c4ccccc4)cc3)cc2)cc1. The number of benzene rings is 9. The summed E-state index contributed by atoms with van der Waals surface area (Å²) >= 11 is 0. The van der Waals surface area contributed by atoms with Crippen molar-refractivity contribution >= 4 is 77.7 Å². The van der Waals surface area contributed by atoms with E-state index in [9.17, 15) is 0 Å². The first-order chi connectivity index (χ1) is 28.8. The number of hydrogen-bond acceptors (Lipinski definition) is 2. The van der Waals surface area contributed by atoms with Crippen molar-refractivity contribution in [3.8, 4) is 11.4 Å². The van der Waals surface area contributed by atoms with E-state index in [1.54, 1.807) is 0 Å². The van der Waals surface area contributed by atoms with Gasteiger partial charge in [0.1, 0.15) is 0 Å². The van der Waals surface area contributed by atoms with Crippen molar-refractivity contribution in [2.45, 2.75) is 0 Å². The van der Waals surface area contributed by atoms with Crippen LogP contribution in [0, 0.1) is 0 Å². The van der Waals surface area contributed by atoms with Gasteiger partial charge in [-0.25, -0.2) is 0 Å². The first kappa shape index (κ1) is 33.5. The Morgan fingerprint density at radius 3 is 0.828 bits per heavy atom. The monoisotopic (exact) mass is 742 g/mol. The molecule has 58 heavy (non-hydrogen) atoms. The summed E-state index contributed by atoms with van der Waals surface area (Å²) in [5.41, 5.74) is 13.7. The molecular formula is C54H38N4. The highest BCUT2D eigenvalue weighted by Crippen LogP contribution is 2.42. The van der Waals surface area contributed by atoms with Gasteiger partial charge in [0.15, 0.2) is 0 Å². The minimum absolute atomic E-state index is 1.11. The predicted octanol–water partition coefficient (Wildman–Crippen LogP) is 14.8. The highest BCUT2D eigenvalue weighted by Gasteiger charge is 2.20. The fourth-order valence-corrected chi connectivity index (χ4v) is 8.69. The number of aromatic nitrogens is 2. The fraction of sp³-hybridized carbons (Fsp3) is 0. The molecule has 0 aliphatic heterocycles. The summed E-state index contributed by atoms with van der Waals surface area (Å²) < 4.78 is 4.85. The van der Waals surface area contributed by atoms with Crippen LogP contribution in [0.3, 0.4) is 0 Å². The lowest BCUT2D eigenvalue weighted by Crippen LogP contribution is -2.09. The molecule has 0 aliphatic carbocycles. The molecule has 4 heteroatoms. The maximum absolute atomic E-state index is 2.42. The van der Waals surface area contributed by atoms with Crippen LogP contribution in [-0.4, -0.2) is 9.13 Å². The Balaban J connectivity index is 1.06. The summed E-state index contributed by atoms with van der Waals surface area (Å²) in [7, 11) is 0. The van der Waals surface area contributed by atoms with E-state index in [0.29, 0.717) is 0 Å². The number of hydrogen-bond donors (Lipinski definition) is 0. The Hall–Kier alpha value is -7.82. The summed E-state index contributed by atoms with van der Waals surface area (Å²) in [4.78, 5) is 4.61. The maximum Gasteiger partial charge on any atom is 0.0548 e. The standard InChI is InChI=1S/C54H38N4/c1-5-17-39(18-6-1)55(40-19-7-2-8-20-40)43-29-33-45(34-30-43)57-51-27-15-13-25-47(51)49-38-54-50(37-53(49)57)48-26-14-16-28-52(48)58(54)46-35-31-44(32-36-46)56(41-21-9-3-10-22-41)42-23-11-4-12-24-42/h1-38H. The lowest BCUT2D eigenvalue weighted by Gasteiger charge is -2.25. The zero-order valence-electron chi connectivity index (χ0n) is 31.7. The van der Waals surface area contributed by atoms with Gasteiger partial charge >= 0.3 is 0 Å². The van der Waals surface area contributed by atoms with Crippen molar-refractivity contribution in [1.29, 1.82) is 0 Å². The topological polar surface area (TPSA) is 16.3 Å². The zero-order chi connectivity index (χ0) is 38.4. The van der Waals surface area contributed by atoms with Crippen LogP contribution < -0.4 is 9.80 Å². The second-order valence-electron chi connectivity index (χ2n) is 14.6. The molecule has 0 spiro atoms. The quantitative estimate of drug-likeness (QED) is 0.154. The third-order valence-electron chi connectivity index (χ3n) is 11.3. The molecular weight excluding hydrogens is 705 g/mol. The van der Waals surface area contributed by atoms with E-state index >= 15 is 0 Å². The van der Waals surface area contributed by atoms with Crippen LogP contribution in [0.4, 0.5) is 34.1 Å². The molecule has 0 radical (unpaired) electrons. The van der Waals surface area contributed by atoms with Gasteiger partial charge in [0.05, 0.1) is 22.1 Å². The van der Waals surface area contributed by atoms with Crippen LogP contribution in [0.5, 0.6) is 0 Å². The van der Waals surface area contributed by atoms with Crippen LogP contribution >= 0.6 is 0 Å². The van der Waals surface area contributed by atoms with Crippen molar-refractivity contribution in [3.05, 3.63) is 231 Å². The largest absolute Gasteiger partial charge is 0.311 e. The van der Waals surface area contributed by atoms with E-state index in [1.807, 2.05) is 0 Å². The summed E-state index contributed by atoms with van der Waals surface area (Å²) in [5, 5.41) is 4.91. The molecule has 0 fully saturated rings. The van der Waals surface area contributed by atoms with Gasteiger partial charge in [-0.15, -0.1) is 0 Å². The minimum Gasteiger partial charge on any atom is -0.311 e. The van der Waals surface area contributed by atoms with Crippen molar-refractivity contribution in [2.24, 2.45) is 0 Å². The molecule has 0 N–H and O–H groups in total. The van der Waals surface area contributed by atoms with Crippen molar-refractivity contribution < 1.29 is 0 Å². The first-order valence-corrected chi connectivity index (χ1v) is 19.8. The third kappa shape index (κ3) is 5.62. The first-order valence-electron chi connectivity index (χ1n) is 19.8. The molecule has 0 bridgehead atoms. The molecule has 274 valence electrons. The number of anilines is 6. The molecule has 0 aliphatic rings. The number of rotatable bonds is 8. The fourth-order valence-electron chi connectivity index (χ4n) is 8.69. The number of fused-ring (bicyclic) bond motifs is 6. The van der Waals surface area contributed by atoms with E-state index in [0.717, 1.165) is 45.5 Å². The van der Waals surface area contributed by atoms with Crippen LogP contribution in [0.25, 0.3) is 55.0 Å². The Morgan fingerprint density at radius 1 is 0.224 bits per heavy atom. The van der Waals surface area contributed by atoms with Crippen LogP contribution in [0.15, 0.2) is 231 Å². The molecule has 0 amide bonds. The van der Waals surface area contributed by atoms with Crippen molar-refractivity contribution in [3.63, 3.8) is 0 Å². The molecule has 0 saturated heterocycles. The van der Waals surface area contributed by atoms with E-state index in [1.165, 1.54) is 43.6 Å². The van der Waals surface area contributed by atoms with Gasteiger partial charge in [0.25, 0.3) is 0 Å². The maximum atomic E-state index is 2.42. The Morgan fingerprint density at radius 2 is 0.500 bits per heavy atom. The summed E-state index contributed by atoms with van der Waals surface area (Å²) in [6.07, 6.45) is 0. The molecule has 11 rings (SSSR count). The van der Waals surface area contributed by atoms with E-state index in [-0.39, 0.29) is 0 Å². The summed E-state index contributed by atoms with van der Waals surface area (Å²) in [6.45, 7) is 0. The van der Waals surface area contributed by atoms with E-state index < -0.39 is 0 Å². The third-order valence-corrected chi connectivity index (χ3v) is 11.3. The Labute approximate surface area is 337 Å². The van der Waals surface area contributed by atoms with Gasteiger partial charge in [-0.2, -0.15) is 0 Å². The number of nitrogens with zero attached hydrogens (tertiary/aromatic N) is 4. The van der Waals surface area contributed by atoms with Gasteiger partial charge in [0.2, 0.25) is 0 Å². The lowest BCUT2D eigenvalue weighted by molar-refractivity contribution is 1.17. The van der Waals surface area contributed by atoms with Gasteiger partial charge in [-0.1, -0.05) is 109 Å². The van der Waals surface area contributed by atoms with Crippen LogP contribution in [0.2, 0.25) is 0 Å². The molecule has 0 saturated carbocycles. The zero-order valence-corrected chi connectivity index (χ0v) is 31.7. The number of para-hydroxylation sites is 6. The predicted molar refractivity (Wildman–Crippen MR) is 244 cm³/mol. The van der Waals surface area contributed by atoms with Crippen LogP contribution in [0.1, 0.15) is 0 Å². The molecule has 0 atom stereocenters. The molecule has 2 heterocycles. The molecule has 0 unspecified atom stereocenters. The highest BCUT2D eigenvalue weighted by molar-refractivity contribution is 6.19. The highest BCUT2D eigenvalue weighted by atomic mass is 15.1. The van der Waals surface area contributed by atoms with Crippen molar-refractivity contribution in [2.75, 3.05) is 9.80 Å².